The summed E-state index contributed by atoms with van der Waals surface area (Å²) in [4.78, 5) is 2.60. The SMILES string of the molecule is COCC(C)N(C)CCOc1ccc(C(N)=S)cc1. The zero-order valence-electron chi connectivity index (χ0n) is 11.8. The monoisotopic (exact) mass is 282 g/mol. The van der Waals surface area contributed by atoms with Crippen LogP contribution in [0, 0.1) is 0 Å². The molecule has 0 saturated carbocycles. The molecule has 19 heavy (non-hydrogen) atoms. The molecule has 0 aliphatic carbocycles. The molecule has 4 nitrogen and oxygen atoms in total. The Bertz CT molecular complexity index is 395. The number of nitrogens with zero attached hydrogens (tertiary/aromatic N) is 1. The molecule has 0 aliphatic heterocycles. The summed E-state index contributed by atoms with van der Waals surface area (Å²) < 4.78 is 10.8. The zero-order chi connectivity index (χ0) is 14.3. The third-order valence-corrected chi connectivity index (χ3v) is 3.25. The Morgan fingerprint density at radius 2 is 2.00 bits per heavy atom. The van der Waals surface area contributed by atoms with E-state index in [2.05, 4.69) is 18.9 Å². The second-order valence-electron chi connectivity index (χ2n) is 4.52. The van der Waals surface area contributed by atoms with Crippen molar-refractivity contribution in [2.24, 2.45) is 5.73 Å². The first kappa shape index (κ1) is 15.9. The molecule has 0 fully saturated rings. The van der Waals surface area contributed by atoms with E-state index in [1.54, 1.807) is 7.11 Å². The summed E-state index contributed by atoms with van der Waals surface area (Å²) >= 11 is 4.90. The van der Waals surface area contributed by atoms with Gasteiger partial charge in [-0.05, 0) is 38.2 Å². The Kier molecular flexibility index (Phi) is 6.77. The average molecular weight is 282 g/mol. The number of benzene rings is 1. The van der Waals surface area contributed by atoms with Crippen LogP contribution >= 0.6 is 12.2 Å². The maximum Gasteiger partial charge on any atom is 0.119 e. The van der Waals surface area contributed by atoms with Crippen LogP contribution in [0.2, 0.25) is 0 Å². The largest absolute Gasteiger partial charge is 0.492 e. The Balaban J connectivity index is 2.34. The molecule has 106 valence electrons. The minimum atomic E-state index is 0.380. The molecule has 0 amide bonds. The number of hydrogen-bond donors (Lipinski definition) is 1. The average Bonchev–Trinajstić information content (AvgIpc) is 2.39. The highest BCUT2D eigenvalue weighted by atomic mass is 32.1. The molecule has 1 rings (SSSR count). The van der Waals surface area contributed by atoms with E-state index >= 15 is 0 Å². The van der Waals surface area contributed by atoms with Gasteiger partial charge in [0.1, 0.15) is 17.3 Å². The molecule has 0 spiro atoms. The number of ether oxygens (including phenoxy) is 2. The molecule has 1 atom stereocenters. The first-order valence-electron chi connectivity index (χ1n) is 6.26. The molecular weight excluding hydrogens is 260 g/mol. The lowest BCUT2D eigenvalue weighted by molar-refractivity contribution is 0.105. The topological polar surface area (TPSA) is 47.7 Å². The molecule has 0 heterocycles. The minimum Gasteiger partial charge on any atom is -0.492 e. The Labute approximate surface area is 120 Å². The fourth-order valence-electron chi connectivity index (χ4n) is 1.61. The van der Waals surface area contributed by atoms with Gasteiger partial charge in [0.25, 0.3) is 0 Å². The lowest BCUT2D eigenvalue weighted by Gasteiger charge is -2.23. The molecule has 2 N–H and O–H groups in total. The van der Waals surface area contributed by atoms with Gasteiger partial charge in [0.05, 0.1) is 6.61 Å². The highest BCUT2D eigenvalue weighted by Crippen LogP contribution is 2.12. The number of thiocarbonyl (C=S) groups is 1. The molecule has 1 aromatic rings. The summed E-state index contributed by atoms with van der Waals surface area (Å²) in [5.74, 6) is 0.827. The highest BCUT2D eigenvalue weighted by Gasteiger charge is 2.08. The Hall–Kier alpha value is -1.17. The number of hydrogen-bond acceptors (Lipinski definition) is 4. The van der Waals surface area contributed by atoms with E-state index in [-0.39, 0.29) is 0 Å². The van der Waals surface area contributed by atoms with Gasteiger partial charge in [-0.3, -0.25) is 4.90 Å². The number of rotatable bonds is 8. The Morgan fingerprint density at radius 3 is 2.53 bits per heavy atom. The summed E-state index contributed by atoms with van der Waals surface area (Å²) in [6, 6.07) is 7.88. The van der Waals surface area contributed by atoms with Crippen LogP contribution < -0.4 is 10.5 Å². The van der Waals surface area contributed by atoms with Crippen molar-refractivity contribution >= 4 is 17.2 Å². The molecule has 1 aromatic carbocycles. The third kappa shape index (κ3) is 5.55. The fraction of sp³-hybridized carbons (Fsp3) is 0.500. The Morgan fingerprint density at radius 1 is 1.37 bits per heavy atom. The molecule has 0 radical (unpaired) electrons. The van der Waals surface area contributed by atoms with Gasteiger partial charge in [-0.25, -0.2) is 0 Å². The van der Waals surface area contributed by atoms with Crippen molar-refractivity contribution in [3.63, 3.8) is 0 Å². The van der Waals surface area contributed by atoms with E-state index in [0.29, 0.717) is 17.6 Å². The molecule has 0 bridgehead atoms. The molecule has 0 aliphatic rings. The standard InChI is InChI=1S/C14H22N2O2S/c1-11(10-17-3)16(2)8-9-18-13-6-4-12(5-7-13)14(15)19/h4-7,11H,8-10H2,1-3H3,(H2,15,19). The molecule has 0 saturated heterocycles. The van der Waals surface area contributed by atoms with Crippen LogP contribution in [0.15, 0.2) is 24.3 Å². The number of likely N-dealkylation sites (N-methyl/N-ethyl adjacent to an activating group) is 1. The van der Waals surface area contributed by atoms with E-state index in [4.69, 9.17) is 27.4 Å². The number of nitrogens with two attached hydrogens (primary N) is 1. The van der Waals surface area contributed by atoms with Crippen LogP contribution in [0.1, 0.15) is 12.5 Å². The van der Waals surface area contributed by atoms with Crippen molar-refractivity contribution in [2.75, 3.05) is 33.9 Å². The first-order chi connectivity index (χ1) is 9.04. The predicted molar refractivity (Wildman–Crippen MR) is 81.8 cm³/mol. The first-order valence-corrected chi connectivity index (χ1v) is 6.67. The minimum absolute atomic E-state index is 0.380. The second kappa shape index (κ2) is 8.09. The summed E-state index contributed by atoms with van der Waals surface area (Å²) in [5.41, 5.74) is 6.39. The van der Waals surface area contributed by atoms with Crippen LogP contribution in [0.4, 0.5) is 0 Å². The van der Waals surface area contributed by atoms with Crippen LogP contribution in [-0.2, 0) is 4.74 Å². The van der Waals surface area contributed by atoms with Crippen LogP contribution in [-0.4, -0.2) is 49.8 Å². The number of methoxy groups -OCH3 is 1. The van der Waals surface area contributed by atoms with Crippen molar-refractivity contribution in [3.05, 3.63) is 29.8 Å². The molecular formula is C14H22N2O2S. The lowest BCUT2D eigenvalue weighted by atomic mass is 10.2. The van der Waals surface area contributed by atoms with Gasteiger partial charge >= 0.3 is 0 Å². The maximum atomic E-state index is 5.67. The fourth-order valence-corrected chi connectivity index (χ4v) is 1.75. The molecule has 1 unspecified atom stereocenters. The predicted octanol–water partition coefficient (Wildman–Crippen LogP) is 1.67. The van der Waals surface area contributed by atoms with E-state index in [1.807, 2.05) is 24.3 Å². The van der Waals surface area contributed by atoms with E-state index in [0.717, 1.165) is 24.5 Å². The quantitative estimate of drug-likeness (QED) is 0.735. The highest BCUT2D eigenvalue weighted by molar-refractivity contribution is 7.80. The van der Waals surface area contributed by atoms with Gasteiger partial charge in [0.15, 0.2) is 0 Å². The van der Waals surface area contributed by atoms with Gasteiger partial charge in [-0.2, -0.15) is 0 Å². The van der Waals surface area contributed by atoms with Gasteiger partial charge in [-0.1, -0.05) is 12.2 Å². The van der Waals surface area contributed by atoms with E-state index in [9.17, 15) is 0 Å². The molecule has 0 aromatic heterocycles. The van der Waals surface area contributed by atoms with Gasteiger partial charge in [0, 0.05) is 25.3 Å². The molecule has 5 heteroatoms. The van der Waals surface area contributed by atoms with Crippen molar-refractivity contribution in [3.8, 4) is 5.75 Å². The van der Waals surface area contributed by atoms with Crippen LogP contribution in [0.25, 0.3) is 0 Å². The smallest absolute Gasteiger partial charge is 0.119 e. The van der Waals surface area contributed by atoms with E-state index in [1.165, 1.54) is 0 Å². The maximum absolute atomic E-state index is 5.67. The van der Waals surface area contributed by atoms with E-state index < -0.39 is 0 Å². The van der Waals surface area contributed by atoms with Gasteiger partial charge in [0.2, 0.25) is 0 Å². The second-order valence-corrected chi connectivity index (χ2v) is 4.96. The van der Waals surface area contributed by atoms with Gasteiger partial charge < -0.3 is 15.2 Å². The normalized spacial score (nSPS) is 12.4. The summed E-state index contributed by atoms with van der Waals surface area (Å²) in [6.07, 6.45) is 0. The van der Waals surface area contributed by atoms with Crippen molar-refractivity contribution in [1.82, 2.24) is 4.90 Å². The third-order valence-electron chi connectivity index (χ3n) is 3.01. The summed E-state index contributed by atoms with van der Waals surface area (Å²) in [7, 11) is 3.77. The van der Waals surface area contributed by atoms with Crippen molar-refractivity contribution in [2.45, 2.75) is 13.0 Å². The van der Waals surface area contributed by atoms with Gasteiger partial charge in [-0.15, -0.1) is 0 Å². The zero-order valence-corrected chi connectivity index (χ0v) is 12.6. The summed E-state index contributed by atoms with van der Waals surface area (Å²) in [6.45, 7) is 4.33. The lowest BCUT2D eigenvalue weighted by Crippen LogP contribution is -2.35. The van der Waals surface area contributed by atoms with Crippen molar-refractivity contribution < 1.29 is 9.47 Å². The van der Waals surface area contributed by atoms with Crippen molar-refractivity contribution in [1.29, 1.82) is 0 Å². The van der Waals surface area contributed by atoms with Crippen LogP contribution in [0.3, 0.4) is 0 Å². The summed E-state index contributed by atoms with van der Waals surface area (Å²) in [5, 5.41) is 0. The van der Waals surface area contributed by atoms with Crippen LogP contribution in [0.5, 0.6) is 5.75 Å².